The smallest absolute Gasteiger partial charge is 0.165 e. The second kappa shape index (κ2) is 7.00. The van der Waals surface area contributed by atoms with Crippen molar-refractivity contribution in [2.45, 2.75) is 6.92 Å². The van der Waals surface area contributed by atoms with Gasteiger partial charge in [0.25, 0.3) is 0 Å². The van der Waals surface area contributed by atoms with Crippen molar-refractivity contribution in [2.24, 2.45) is 0 Å². The molecule has 0 bridgehead atoms. The summed E-state index contributed by atoms with van der Waals surface area (Å²) in [6.45, 7) is 6.89. The van der Waals surface area contributed by atoms with Crippen LogP contribution in [-0.4, -0.2) is 54.7 Å². The van der Waals surface area contributed by atoms with E-state index in [9.17, 15) is 4.39 Å². The standard InChI is InChI=1S/C17H22FN5O/c1-3-22-6-8-23(9-7-22)17-15(19)16(20-11-21-17)12-4-5-14(24-2)13(18)10-12/h4-5,10-11H,3,6-9,19H2,1-2H3. The Morgan fingerprint density at radius 2 is 1.96 bits per heavy atom. The van der Waals surface area contributed by atoms with E-state index in [4.69, 9.17) is 10.5 Å². The zero-order chi connectivity index (χ0) is 17.1. The van der Waals surface area contributed by atoms with Gasteiger partial charge in [0.1, 0.15) is 12.0 Å². The third-order valence-electron chi connectivity index (χ3n) is 4.41. The molecule has 7 heteroatoms. The summed E-state index contributed by atoms with van der Waals surface area (Å²) in [5.74, 6) is 0.473. The lowest BCUT2D eigenvalue weighted by Gasteiger charge is -2.35. The summed E-state index contributed by atoms with van der Waals surface area (Å²) in [6, 6.07) is 4.71. The van der Waals surface area contributed by atoms with Crippen molar-refractivity contribution >= 4 is 11.5 Å². The first kappa shape index (κ1) is 16.4. The van der Waals surface area contributed by atoms with Gasteiger partial charge in [-0.1, -0.05) is 6.92 Å². The van der Waals surface area contributed by atoms with Crippen LogP contribution in [-0.2, 0) is 0 Å². The molecule has 0 atom stereocenters. The Hall–Kier alpha value is -2.41. The lowest BCUT2D eigenvalue weighted by atomic mass is 10.1. The predicted molar refractivity (Wildman–Crippen MR) is 92.7 cm³/mol. The fourth-order valence-corrected chi connectivity index (χ4v) is 2.96. The molecule has 0 aliphatic carbocycles. The maximum absolute atomic E-state index is 14.0. The van der Waals surface area contributed by atoms with Gasteiger partial charge in [0, 0.05) is 31.7 Å². The molecule has 3 rings (SSSR count). The molecule has 0 unspecified atom stereocenters. The van der Waals surface area contributed by atoms with E-state index in [-0.39, 0.29) is 5.75 Å². The highest BCUT2D eigenvalue weighted by molar-refractivity contribution is 5.81. The number of benzene rings is 1. The summed E-state index contributed by atoms with van der Waals surface area (Å²) in [5.41, 5.74) is 7.93. The largest absolute Gasteiger partial charge is 0.494 e. The molecule has 128 valence electrons. The van der Waals surface area contributed by atoms with Gasteiger partial charge in [-0.2, -0.15) is 0 Å². The van der Waals surface area contributed by atoms with Gasteiger partial charge in [0.15, 0.2) is 17.4 Å². The quantitative estimate of drug-likeness (QED) is 0.924. The Balaban J connectivity index is 1.90. The van der Waals surface area contributed by atoms with Gasteiger partial charge in [0.2, 0.25) is 0 Å². The molecule has 2 heterocycles. The van der Waals surface area contributed by atoms with E-state index in [1.807, 2.05) is 0 Å². The first-order valence-electron chi connectivity index (χ1n) is 8.05. The highest BCUT2D eigenvalue weighted by atomic mass is 19.1. The number of nitrogens with two attached hydrogens (primary N) is 1. The van der Waals surface area contributed by atoms with Crippen molar-refractivity contribution in [3.63, 3.8) is 0 Å². The minimum absolute atomic E-state index is 0.197. The molecule has 1 fully saturated rings. The molecule has 0 spiro atoms. The molecular weight excluding hydrogens is 309 g/mol. The zero-order valence-corrected chi connectivity index (χ0v) is 14.0. The molecule has 24 heavy (non-hydrogen) atoms. The van der Waals surface area contributed by atoms with Crippen LogP contribution in [0.3, 0.4) is 0 Å². The predicted octanol–water partition coefficient (Wildman–Crippen LogP) is 2.02. The van der Waals surface area contributed by atoms with Gasteiger partial charge in [-0.05, 0) is 24.7 Å². The van der Waals surface area contributed by atoms with E-state index >= 15 is 0 Å². The van der Waals surface area contributed by atoms with E-state index in [1.165, 1.54) is 19.5 Å². The number of hydrogen-bond donors (Lipinski definition) is 1. The van der Waals surface area contributed by atoms with E-state index in [0.29, 0.717) is 22.8 Å². The van der Waals surface area contributed by atoms with Gasteiger partial charge in [-0.15, -0.1) is 0 Å². The number of methoxy groups -OCH3 is 1. The van der Waals surface area contributed by atoms with Crippen LogP contribution in [0.5, 0.6) is 5.75 Å². The number of nitrogens with zero attached hydrogens (tertiary/aromatic N) is 4. The van der Waals surface area contributed by atoms with Crippen LogP contribution in [0.15, 0.2) is 24.5 Å². The summed E-state index contributed by atoms with van der Waals surface area (Å²) in [7, 11) is 1.44. The molecule has 1 saturated heterocycles. The topological polar surface area (TPSA) is 67.5 Å². The Morgan fingerprint density at radius 3 is 2.58 bits per heavy atom. The molecule has 2 N–H and O–H groups in total. The van der Waals surface area contributed by atoms with E-state index < -0.39 is 5.82 Å². The summed E-state index contributed by atoms with van der Waals surface area (Å²) in [5, 5.41) is 0. The number of nitrogen functional groups attached to an aromatic ring is 1. The summed E-state index contributed by atoms with van der Waals surface area (Å²) in [4.78, 5) is 13.1. The molecule has 6 nitrogen and oxygen atoms in total. The highest BCUT2D eigenvalue weighted by Gasteiger charge is 2.21. The Bertz CT molecular complexity index is 716. The maximum Gasteiger partial charge on any atom is 0.165 e. The molecule has 1 aromatic heterocycles. The number of likely N-dealkylation sites (N-methyl/N-ethyl adjacent to an activating group) is 1. The fraction of sp³-hybridized carbons (Fsp3) is 0.412. The van der Waals surface area contributed by atoms with Crippen LogP contribution >= 0.6 is 0 Å². The number of piperazine rings is 1. The maximum atomic E-state index is 14.0. The number of ether oxygens (including phenoxy) is 1. The second-order valence-electron chi connectivity index (χ2n) is 5.73. The molecular formula is C17H22FN5O. The normalized spacial score (nSPS) is 15.5. The van der Waals surface area contributed by atoms with Crippen molar-refractivity contribution in [1.29, 1.82) is 0 Å². The van der Waals surface area contributed by atoms with Crippen molar-refractivity contribution in [3.8, 4) is 17.0 Å². The van der Waals surface area contributed by atoms with Crippen molar-refractivity contribution in [3.05, 3.63) is 30.3 Å². The number of aromatic nitrogens is 2. The number of hydrogen-bond acceptors (Lipinski definition) is 6. The fourth-order valence-electron chi connectivity index (χ4n) is 2.96. The van der Waals surface area contributed by atoms with Crippen molar-refractivity contribution in [1.82, 2.24) is 14.9 Å². The van der Waals surface area contributed by atoms with Crippen molar-refractivity contribution in [2.75, 3.05) is 50.5 Å². The molecule has 0 amide bonds. The van der Waals surface area contributed by atoms with Gasteiger partial charge in [0.05, 0.1) is 12.8 Å². The lowest BCUT2D eigenvalue weighted by molar-refractivity contribution is 0.270. The Labute approximate surface area is 141 Å². The molecule has 1 aromatic carbocycles. The van der Waals surface area contributed by atoms with Gasteiger partial charge in [-0.25, -0.2) is 14.4 Å². The van der Waals surface area contributed by atoms with Crippen LogP contribution in [0, 0.1) is 5.82 Å². The zero-order valence-electron chi connectivity index (χ0n) is 14.0. The second-order valence-corrected chi connectivity index (χ2v) is 5.73. The van der Waals surface area contributed by atoms with Crippen LogP contribution in [0.1, 0.15) is 6.92 Å². The van der Waals surface area contributed by atoms with Crippen molar-refractivity contribution < 1.29 is 9.13 Å². The third-order valence-corrected chi connectivity index (χ3v) is 4.41. The SMILES string of the molecule is CCN1CCN(c2ncnc(-c3ccc(OC)c(F)c3)c2N)CC1. The minimum atomic E-state index is -0.439. The molecule has 1 aliphatic rings. The van der Waals surface area contributed by atoms with Gasteiger partial charge >= 0.3 is 0 Å². The summed E-state index contributed by atoms with van der Waals surface area (Å²) >= 11 is 0. The minimum Gasteiger partial charge on any atom is -0.494 e. The van der Waals surface area contributed by atoms with Gasteiger partial charge in [-0.3, -0.25) is 0 Å². The third kappa shape index (κ3) is 3.12. The monoisotopic (exact) mass is 331 g/mol. The van der Waals surface area contributed by atoms with Crippen LogP contribution < -0.4 is 15.4 Å². The Kier molecular flexibility index (Phi) is 4.80. The summed E-state index contributed by atoms with van der Waals surface area (Å²) in [6.07, 6.45) is 1.48. The number of anilines is 2. The van der Waals surface area contributed by atoms with Crippen LogP contribution in [0.4, 0.5) is 15.9 Å². The van der Waals surface area contributed by atoms with Gasteiger partial charge < -0.3 is 20.3 Å². The van der Waals surface area contributed by atoms with E-state index in [1.54, 1.807) is 12.1 Å². The van der Waals surface area contributed by atoms with Crippen LogP contribution in [0.25, 0.3) is 11.3 Å². The first-order valence-corrected chi connectivity index (χ1v) is 8.05. The van der Waals surface area contributed by atoms with Crippen LogP contribution in [0.2, 0.25) is 0 Å². The number of halogens is 1. The molecule has 0 saturated carbocycles. The summed E-state index contributed by atoms with van der Waals surface area (Å²) < 4.78 is 18.9. The average Bonchev–Trinajstić information content (AvgIpc) is 2.62. The molecule has 2 aromatic rings. The Morgan fingerprint density at radius 1 is 1.21 bits per heavy atom. The molecule has 0 radical (unpaired) electrons. The average molecular weight is 331 g/mol. The lowest BCUT2D eigenvalue weighted by Crippen LogP contribution is -2.46. The highest BCUT2D eigenvalue weighted by Crippen LogP contribution is 2.32. The first-order chi connectivity index (χ1) is 11.6. The van der Waals surface area contributed by atoms with E-state index in [2.05, 4.69) is 26.7 Å². The van der Waals surface area contributed by atoms with E-state index in [0.717, 1.165) is 32.7 Å². The number of rotatable bonds is 4. The molecule has 1 aliphatic heterocycles.